The number of hydrogen-bond acceptors (Lipinski definition) is 5. The molecule has 1 amide bonds. The van der Waals surface area contributed by atoms with Gasteiger partial charge in [0.1, 0.15) is 12.6 Å². The Labute approximate surface area is 180 Å². The van der Waals surface area contributed by atoms with Crippen LogP contribution in [0, 0.1) is 0 Å². The molecule has 0 radical (unpaired) electrons. The van der Waals surface area contributed by atoms with Crippen LogP contribution in [0.25, 0.3) is 5.70 Å². The van der Waals surface area contributed by atoms with Crippen LogP contribution in [-0.4, -0.2) is 38.7 Å². The molecule has 1 N–H and O–H groups in total. The maximum atomic E-state index is 12.7. The number of tetrazole rings is 1. The van der Waals surface area contributed by atoms with Crippen molar-refractivity contribution in [2.75, 3.05) is 11.4 Å². The van der Waals surface area contributed by atoms with Gasteiger partial charge in [-0.2, -0.15) is 4.68 Å². The van der Waals surface area contributed by atoms with Crippen molar-refractivity contribution in [1.82, 2.24) is 25.5 Å². The summed E-state index contributed by atoms with van der Waals surface area (Å²) in [7, 11) is 0. The maximum absolute atomic E-state index is 12.7. The Bertz CT molecular complexity index is 1050. The minimum atomic E-state index is -0.212. The number of allylic oxidation sites excluding steroid dienone is 1. The van der Waals surface area contributed by atoms with Gasteiger partial charge in [0.25, 0.3) is 5.95 Å². The molecule has 2 heterocycles. The van der Waals surface area contributed by atoms with Gasteiger partial charge in [0.2, 0.25) is 5.91 Å². The number of rotatable bonds is 6. The minimum Gasteiger partial charge on any atom is -0.352 e. The van der Waals surface area contributed by atoms with Gasteiger partial charge in [0.15, 0.2) is 0 Å². The van der Waals surface area contributed by atoms with E-state index in [0.717, 1.165) is 23.2 Å². The molecule has 0 fully saturated rings. The number of anilines is 1. The van der Waals surface area contributed by atoms with E-state index in [1.807, 2.05) is 73.3 Å². The quantitative estimate of drug-likeness (QED) is 0.655. The summed E-state index contributed by atoms with van der Waals surface area (Å²) in [5, 5.41) is 16.0. The van der Waals surface area contributed by atoms with Gasteiger partial charge in [-0.05, 0) is 53.1 Å². The first-order chi connectivity index (χ1) is 14.6. The first kappa shape index (κ1) is 20.1. The first-order valence-electron chi connectivity index (χ1n) is 9.94. The Balaban J connectivity index is 1.76. The van der Waals surface area contributed by atoms with Crippen molar-refractivity contribution in [1.29, 1.82) is 0 Å². The summed E-state index contributed by atoms with van der Waals surface area (Å²) < 4.78 is 1.73. The van der Waals surface area contributed by atoms with Crippen LogP contribution in [0.15, 0.2) is 60.7 Å². The minimum absolute atomic E-state index is 0.0781. The molecular formula is C22H23ClN6O. The Kier molecular flexibility index (Phi) is 5.81. The summed E-state index contributed by atoms with van der Waals surface area (Å²) in [5.74, 6) is 0.446. The number of fused-ring (bicyclic) bond motifs is 1. The van der Waals surface area contributed by atoms with E-state index in [9.17, 15) is 4.79 Å². The van der Waals surface area contributed by atoms with E-state index in [0.29, 0.717) is 11.0 Å². The number of nitrogens with zero attached hydrogens (tertiary/aromatic N) is 5. The average Bonchev–Trinajstić information content (AvgIpc) is 3.25. The molecule has 1 aliphatic rings. The highest BCUT2D eigenvalue weighted by molar-refractivity contribution is 6.30. The van der Waals surface area contributed by atoms with Gasteiger partial charge in [0.05, 0.1) is 5.70 Å². The zero-order chi connectivity index (χ0) is 21.1. The Morgan fingerprint density at radius 3 is 2.60 bits per heavy atom. The van der Waals surface area contributed by atoms with Crippen LogP contribution in [0.5, 0.6) is 0 Å². The molecule has 4 rings (SSSR count). The summed E-state index contributed by atoms with van der Waals surface area (Å²) in [4.78, 5) is 14.6. The van der Waals surface area contributed by atoms with E-state index in [4.69, 9.17) is 11.6 Å². The molecule has 0 saturated carbocycles. The standard InChI is InChI=1S/C22H23ClN6O/c1-3-15(2)24-21(30)14-28-19(16-7-5-4-6-8-16)13-20(29-22(28)25-26-27-29)17-9-11-18(23)12-10-17/h4-13,15,20H,3,14H2,1-2H3,(H,24,30)/t15-,20-/m1/s1. The summed E-state index contributed by atoms with van der Waals surface area (Å²) >= 11 is 6.07. The maximum Gasteiger partial charge on any atom is 0.251 e. The number of benzene rings is 2. The number of carbonyl (C=O) groups is 1. The number of carbonyl (C=O) groups excluding carboxylic acids is 1. The van der Waals surface area contributed by atoms with Crippen molar-refractivity contribution in [2.45, 2.75) is 32.4 Å². The van der Waals surface area contributed by atoms with Gasteiger partial charge < -0.3 is 5.32 Å². The lowest BCUT2D eigenvalue weighted by Gasteiger charge is -2.32. The molecule has 8 heteroatoms. The average molecular weight is 423 g/mol. The highest BCUT2D eigenvalue weighted by Crippen LogP contribution is 2.36. The predicted octanol–water partition coefficient (Wildman–Crippen LogP) is 3.69. The van der Waals surface area contributed by atoms with Crippen LogP contribution in [0.1, 0.15) is 37.4 Å². The lowest BCUT2D eigenvalue weighted by molar-refractivity contribution is -0.120. The molecule has 2 atom stereocenters. The first-order valence-corrected chi connectivity index (χ1v) is 10.3. The third-order valence-corrected chi connectivity index (χ3v) is 5.44. The van der Waals surface area contributed by atoms with Crippen LogP contribution >= 0.6 is 11.6 Å². The smallest absolute Gasteiger partial charge is 0.251 e. The van der Waals surface area contributed by atoms with Crippen molar-refractivity contribution >= 4 is 29.2 Å². The molecule has 0 unspecified atom stereocenters. The van der Waals surface area contributed by atoms with Gasteiger partial charge >= 0.3 is 0 Å². The molecule has 2 aromatic carbocycles. The largest absolute Gasteiger partial charge is 0.352 e. The number of halogens is 1. The van der Waals surface area contributed by atoms with E-state index in [1.54, 1.807) is 4.68 Å². The van der Waals surface area contributed by atoms with E-state index < -0.39 is 0 Å². The predicted molar refractivity (Wildman–Crippen MR) is 117 cm³/mol. The number of nitrogens with one attached hydrogen (secondary N) is 1. The van der Waals surface area contributed by atoms with Gasteiger partial charge in [-0.1, -0.05) is 66.1 Å². The second-order valence-corrected chi connectivity index (χ2v) is 7.74. The molecular weight excluding hydrogens is 400 g/mol. The van der Waals surface area contributed by atoms with Crippen LogP contribution in [0.3, 0.4) is 0 Å². The van der Waals surface area contributed by atoms with E-state index >= 15 is 0 Å². The fourth-order valence-electron chi connectivity index (χ4n) is 3.44. The van der Waals surface area contributed by atoms with Crippen LogP contribution < -0.4 is 10.2 Å². The zero-order valence-corrected chi connectivity index (χ0v) is 17.6. The van der Waals surface area contributed by atoms with Crippen LogP contribution in [-0.2, 0) is 4.79 Å². The highest BCUT2D eigenvalue weighted by atomic mass is 35.5. The summed E-state index contributed by atoms with van der Waals surface area (Å²) in [5.41, 5.74) is 2.88. The van der Waals surface area contributed by atoms with Crippen molar-refractivity contribution < 1.29 is 4.79 Å². The third-order valence-electron chi connectivity index (χ3n) is 5.19. The van der Waals surface area contributed by atoms with Gasteiger partial charge in [0, 0.05) is 11.1 Å². The molecule has 1 aliphatic heterocycles. The Morgan fingerprint density at radius 2 is 1.90 bits per heavy atom. The Morgan fingerprint density at radius 1 is 1.17 bits per heavy atom. The molecule has 0 bridgehead atoms. The fraction of sp³-hybridized carbons (Fsp3) is 0.273. The van der Waals surface area contributed by atoms with E-state index in [1.165, 1.54) is 0 Å². The SMILES string of the molecule is CC[C@@H](C)NC(=O)CN1C(c2ccccc2)=C[C@H](c2ccc(Cl)cc2)n2nnnc21. The van der Waals surface area contributed by atoms with Crippen molar-refractivity contribution in [3.8, 4) is 0 Å². The zero-order valence-electron chi connectivity index (χ0n) is 16.9. The van der Waals surface area contributed by atoms with Crippen molar-refractivity contribution in [3.05, 3.63) is 76.8 Å². The summed E-state index contributed by atoms with van der Waals surface area (Å²) in [6, 6.07) is 17.5. The van der Waals surface area contributed by atoms with E-state index in [2.05, 4.69) is 26.9 Å². The molecule has 0 aliphatic carbocycles. The topological polar surface area (TPSA) is 75.9 Å². The molecule has 154 valence electrons. The van der Waals surface area contributed by atoms with Gasteiger partial charge in [-0.3, -0.25) is 9.69 Å². The Hall–Kier alpha value is -3.19. The van der Waals surface area contributed by atoms with Gasteiger partial charge in [-0.25, -0.2) is 0 Å². The number of hydrogen-bond donors (Lipinski definition) is 1. The van der Waals surface area contributed by atoms with Crippen molar-refractivity contribution in [2.24, 2.45) is 0 Å². The summed E-state index contributed by atoms with van der Waals surface area (Å²) in [6.45, 7) is 4.15. The monoisotopic (exact) mass is 422 g/mol. The lowest BCUT2D eigenvalue weighted by Crippen LogP contribution is -2.42. The number of aromatic nitrogens is 4. The van der Waals surface area contributed by atoms with Crippen LogP contribution in [0.2, 0.25) is 5.02 Å². The van der Waals surface area contributed by atoms with Crippen LogP contribution in [0.4, 0.5) is 5.95 Å². The molecule has 30 heavy (non-hydrogen) atoms. The summed E-state index contributed by atoms with van der Waals surface area (Å²) in [6.07, 6.45) is 2.95. The lowest BCUT2D eigenvalue weighted by atomic mass is 10.0. The third kappa shape index (κ3) is 4.07. The molecule has 1 aromatic heterocycles. The van der Waals surface area contributed by atoms with Gasteiger partial charge in [-0.15, -0.1) is 0 Å². The highest BCUT2D eigenvalue weighted by Gasteiger charge is 2.32. The number of amides is 1. The fourth-order valence-corrected chi connectivity index (χ4v) is 3.57. The second kappa shape index (κ2) is 8.67. The molecule has 7 nitrogen and oxygen atoms in total. The molecule has 3 aromatic rings. The molecule has 0 spiro atoms. The van der Waals surface area contributed by atoms with E-state index in [-0.39, 0.29) is 24.5 Å². The normalized spacial score (nSPS) is 16.6. The second-order valence-electron chi connectivity index (χ2n) is 7.30. The van der Waals surface area contributed by atoms with Crippen molar-refractivity contribution in [3.63, 3.8) is 0 Å². The molecule has 0 saturated heterocycles.